The van der Waals surface area contributed by atoms with E-state index in [9.17, 15) is 4.79 Å². The van der Waals surface area contributed by atoms with Gasteiger partial charge in [-0.1, -0.05) is 17.8 Å². The average Bonchev–Trinajstić information content (AvgIpc) is 3.05. The van der Waals surface area contributed by atoms with Crippen LogP contribution in [0.5, 0.6) is 5.75 Å². The SMILES string of the molecule is COc1ccc(-c2nnc(SCC(=O)c3c(C)c(C)cc(C)c3C)n2C)cc1. The summed E-state index contributed by atoms with van der Waals surface area (Å²) in [5.74, 6) is 2.02. The lowest BCUT2D eigenvalue weighted by atomic mass is 9.92. The van der Waals surface area contributed by atoms with Crippen LogP contribution in [0.4, 0.5) is 0 Å². The maximum Gasteiger partial charge on any atom is 0.191 e. The Kier molecular flexibility index (Phi) is 5.89. The van der Waals surface area contributed by atoms with Gasteiger partial charge in [0.2, 0.25) is 0 Å². The summed E-state index contributed by atoms with van der Waals surface area (Å²) >= 11 is 1.42. The normalized spacial score (nSPS) is 10.9. The number of aryl methyl sites for hydroxylation is 2. The largest absolute Gasteiger partial charge is 0.497 e. The smallest absolute Gasteiger partial charge is 0.191 e. The van der Waals surface area contributed by atoms with Crippen LogP contribution in [0.3, 0.4) is 0 Å². The van der Waals surface area contributed by atoms with Crippen molar-refractivity contribution in [1.29, 1.82) is 0 Å². The van der Waals surface area contributed by atoms with Gasteiger partial charge in [-0.25, -0.2) is 0 Å². The lowest BCUT2D eigenvalue weighted by Crippen LogP contribution is -2.10. The molecule has 0 saturated carbocycles. The van der Waals surface area contributed by atoms with Gasteiger partial charge in [0.05, 0.1) is 12.9 Å². The zero-order valence-electron chi connectivity index (χ0n) is 17.2. The van der Waals surface area contributed by atoms with E-state index in [4.69, 9.17) is 4.74 Å². The Morgan fingerprint density at radius 2 is 1.64 bits per heavy atom. The molecular formula is C22H25N3O2S. The van der Waals surface area contributed by atoms with Crippen LogP contribution in [0.2, 0.25) is 0 Å². The number of ketones is 1. The van der Waals surface area contributed by atoms with E-state index < -0.39 is 0 Å². The summed E-state index contributed by atoms with van der Waals surface area (Å²) in [5, 5.41) is 9.29. The Bertz CT molecular complexity index is 997. The summed E-state index contributed by atoms with van der Waals surface area (Å²) in [4.78, 5) is 12.9. The predicted octanol–water partition coefficient (Wildman–Crippen LogP) is 4.70. The Labute approximate surface area is 170 Å². The van der Waals surface area contributed by atoms with Crippen molar-refractivity contribution in [2.45, 2.75) is 32.9 Å². The summed E-state index contributed by atoms with van der Waals surface area (Å²) in [6, 6.07) is 9.83. The fraction of sp³-hybridized carbons (Fsp3) is 0.318. The number of aromatic nitrogens is 3. The Morgan fingerprint density at radius 3 is 2.21 bits per heavy atom. The van der Waals surface area contributed by atoms with Crippen molar-refractivity contribution < 1.29 is 9.53 Å². The molecule has 0 radical (unpaired) electrons. The van der Waals surface area contributed by atoms with Crippen LogP contribution in [-0.2, 0) is 7.05 Å². The van der Waals surface area contributed by atoms with Crippen LogP contribution in [0.15, 0.2) is 35.5 Å². The molecule has 2 aromatic carbocycles. The second kappa shape index (κ2) is 8.19. The lowest BCUT2D eigenvalue weighted by molar-refractivity contribution is 0.102. The third-order valence-corrected chi connectivity index (χ3v) is 6.18. The van der Waals surface area contributed by atoms with Gasteiger partial charge in [0, 0.05) is 18.2 Å². The Hall–Kier alpha value is -2.60. The van der Waals surface area contributed by atoms with E-state index in [-0.39, 0.29) is 5.78 Å². The monoisotopic (exact) mass is 395 g/mol. The highest BCUT2D eigenvalue weighted by atomic mass is 32.2. The van der Waals surface area contributed by atoms with Crippen molar-refractivity contribution in [3.05, 3.63) is 58.1 Å². The standard InChI is InChI=1S/C22H25N3O2S/c1-13-11-14(2)16(4)20(15(13)3)19(26)12-28-22-24-23-21(25(22)5)17-7-9-18(27-6)10-8-17/h7-11H,12H2,1-6H3. The van der Waals surface area contributed by atoms with Crippen LogP contribution in [0.1, 0.15) is 32.6 Å². The third-order valence-electron chi connectivity index (χ3n) is 5.16. The minimum Gasteiger partial charge on any atom is -0.497 e. The second-order valence-corrected chi connectivity index (χ2v) is 7.88. The topological polar surface area (TPSA) is 57.0 Å². The molecule has 0 fully saturated rings. The Morgan fingerprint density at radius 1 is 1.04 bits per heavy atom. The number of hydrogen-bond acceptors (Lipinski definition) is 5. The van der Waals surface area contributed by atoms with Crippen molar-refractivity contribution in [1.82, 2.24) is 14.8 Å². The first-order valence-corrected chi connectivity index (χ1v) is 10.1. The van der Waals surface area contributed by atoms with Crippen molar-refractivity contribution in [2.75, 3.05) is 12.9 Å². The number of ether oxygens (including phenoxy) is 1. The zero-order valence-corrected chi connectivity index (χ0v) is 18.0. The highest BCUT2D eigenvalue weighted by molar-refractivity contribution is 7.99. The highest BCUT2D eigenvalue weighted by Crippen LogP contribution is 2.27. The van der Waals surface area contributed by atoms with Crippen molar-refractivity contribution >= 4 is 17.5 Å². The molecule has 1 heterocycles. The van der Waals surface area contributed by atoms with E-state index in [1.54, 1.807) is 7.11 Å². The molecular weight excluding hydrogens is 370 g/mol. The summed E-state index contributed by atoms with van der Waals surface area (Å²) in [6.45, 7) is 8.14. The Balaban J connectivity index is 1.79. The van der Waals surface area contributed by atoms with Gasteiger partial charge in [-0.3, -0.25) is 4.79 Å². The quantitative estimate of drug-likeness (QED) is 0.447. The fourth-order valence-corrected chi connectivity index (χ4v) is 4.05. The van der Waals surface area contributed by atoms with E-state index in [1.807, 2.05) is 49.7 Å². The van der Waals surface area contributed by atoms with Gasteiger partial charge in [0.15, 0.2) is 16.8 Å². The van der Waals surface area contributed by atoms with Crippen LogP contribution in [0.25, 0.3) is 11.4 Å². The molecule has 0 N–H and O–H groups in total. The van der Waals surface area contributed by atoms with Crippen LogP contribution in [0, 0.1) is 27.7 Å². The molecule has 3 aromatic rings. The summed E-state index contributed by atoms with van der Waals surface area (Å²) in [6.07, 6.45) is 0. The number of carbonyl (C=O) groups is 1. The maximum absolute atomic E-state index is 12.9. The van der Waals surface area contributed by atoms with Crippen molar-refractivity contribution in [3.63, 3.8) is 0 Å². The summed E-state index contributed by atoms with van der Waals surface area (Å²) in [5.41, 5.74) is 6.21. The van der Waals surface area contributed by atoms with E-state index in [2.05, 4.69) is 30.1 Å². The molecule has 0 spiro atoms. The molecule has 3 rings (SSSR count). The first-order valence-electron chi connectivity index (χ1n) is 9.10. The molecule has 0 amide bonds. The van der Waals surface area contributed by atoms with E-state index in [0.717, 1.165) is 50.1 Å². The van der Waals surface area contributed by atoms with Gasteiger partial charge < -0.3 is 9.30 Å². The van der Waals surface area contributed by atoms with Gasteiger partial charge in [-0.2, -0.15) is 0 Å². The molecule has 0 aliphatic rings. The molecule has 146 valence electrons. The first kappa shape index (κ1) is 20.1. The number of nitrogens with zero attached hydrogens (tertiary/aromatic N) is 3. The average molecular weight is 396 g/mol. The van der Waals surface area contributed by atoms with Crippen LogP contribution in [-0.4, -0.2) is 33.4 Å². The molecule has 0 bridgehead atoms. The number of Topliss-reactive ketones (excluding diaryl/α,β-unsaturated/α-hetero) is 1. The van der Waals surface area contributed by atoms with Gasteiger partial charge in [0.1, 0.15) is 5.75 Å². The van der Waals surface area contributed by atoms with E-state index in [0.29, 0.717) is 5.75 Å². The molecule has 28 heavy (non-hydrogen) atoms. The molecule has 0 aliphatic heterocycles. The number of hydrogen-bond donors (Lipinski definition) is 0. The van der Waals surface area contributed by atoms with Crippen molar-refractivity contribution in [2.24, 2.45) is 7.05 Å². The number of carbonyl (C=O) groups excluding carboxylic acids is 1. The third kappa shape index (κ3) is 3.83. The lowest BCUT2D eigenvalue weighted by Gasteiger charge is -2.14. The fourth-order valence-electron chi connectivity index (χ4n) is 3.27. The minimum atomic E-state index is 0.126. The van der Waals surface area contributed by atoms with Gasteiger partial charge >= 0.3 is 0 Å². The highest BCUT2D eigenvalue weighted by Gasteiger charge is 2.18. The summed E-state index contributed by atoms with van der Waals surface area (Å²) in [7, 11) is 3.56. The van der Waals surface area contributed by atoms with Crippen molar-refractivity contribution in [3.8, 4) is 17.1 Å². The van der Waals surface area contributed by atoms with E-state index >= 15 is 0 Å². The number of benzene rings is 2. The summed E-state index contributed by atoms with van der Waals surface area (Å²) < 4.78 is 7.12. The molecule has 5 nitrogen and oxygen atoms in total. The zero-order chi connectivity index (χ0) is 20.4. The van der Waals surface area contributed by atoms with E-state index in [1.165, 1.54) is 11.8 Å². The van der Waals surface area contributed by atoms with Gasteiger partial charge in [-0.15, -0.1) is 10.2 Å². The number of thioether (sulfide) groups is 1. The second-order valence-electron chi connectivity index (χ2n) is 6.94. The number of methoxy groups -OCH3 is 1. The number of rotatable bonds is 6. The van der Waals surface area contributed by atoms with Crippen LogP contribution >= 0.6 is 11.8 Å². The molecule has 0 saturated heterocycles. The molecule has 6 heteroatoms. The first-order chi connectivity index (χ1) is 13.3. The molecule has 0 unspecified atom stereocenters. The molecule has 0 aliphatic carbocycles. The minimum absolute atomic E-state index is 0.126. The predicted molar refractivity (Wildman–Crippen MR) is 113 cm³/mol. The van der Waals surface area contributed by atoms with Crippen LogP contribution < -0.4 is 4.74 Å². The molecule has 1 aromatic heterocycles. The van der Waals surface area contributed by atoms with Gasteiger partial charge in [0.25, 0.3) is 0 Å². The van der Waals surface area contributed by atoms with Gasteiger partial charge in [-0.05, 0) is 74.2 Å². The molecule has 0 atom stereocenters. The maximum atomic E-state index is 12.9.